The van der Waals surface area contributed by atoms with Crippen LogP contribution in [0, 0.1) is 6.92 Å². The molecular weight excluding hydrogens is 264 g/mol. The van der Waals surface area contributed by atoms with Gasteiger partial charge in [-0.1, -0.05) is 0 Å². The van der Waals surface area contributed by atoms with Crippen molar-refractivity contribution in [3.8, 4) is 11.4 Å². The number of nitrogens with zero attached hydrogens (tertiary/aromatic N) is 3. The van der Waals surface area contributed by atoms with E-state index in [2.05, 4.69) is 39.7 Å². The molecule has 0 aliphatic carbocycles. The maximum absolute atomic E-state index is 5.19. The fourth-order valence-electron chi connectivity index (χ4n) is 2.51. The van der Waals surface area contributed by atoms with Gasteiger partial charge in [0.2, 0.25) is 0 Å². The molecule has 106 valence electrons. The van der Waals surface area contributed by atoms with Crippen molar-refractivity contribution < 1.29 is 4.74 Å². The SMILES string of the molecule is Cc1cnn2c(-c3cc(NC4COC4)ccn3)ccc2c1. The zero-order valence-corrected chi connectivity index (χ0v) is 11.8. The normalized spacial score (nSPS) is 15.1. The van der Waals surface area contributed by atoms with Crippen LogP contribution in [0.15, 0.2) is 42.7 Å². The molecule has 0 aromatic carbocycles. The average Bonchev–Trinajstić information content (AvgIpc) is 2.86. The predicted octanol–water partition coefficient (Wildman–Crippen LogP) is 2.52. The third-order valence-corrected chi connectivity index (χ3v) is 3.67. The first-order valence-corrected chi connectivity index (χ1v) is 7.05. The van der Waals surface area contributed by atoms with Crippen LogP contribution in [0.3, 0.4) is 0 Å². The van der Waals surface area contributed by atoms with Gasteiger partial charge in [-0.3, -0.25) is 4.98 Å². The van der Waals surface area contributed by atoms with Gasteiger partial charge in [0.25, 0.3) is 0 Å². The zero-order valence-electron chi connectivity index (χ0n) is 11.8. The molecular formula is C16H16N4O. The van der Waals surface area contributed by atoms with Crippen LogP contribution in [0.1, 0.15) is 5.56 Å². The summed E-state index contributed by atoms with van der Waals surface area (Å²) in [5.41, 5.74) is 5.21. The van der Waals surface area contributed by atoms with Gasteiger partial charge in [-0.05, 0) is 42.8 Å². The molecule has 1 aliphatic rings. The molecule has 5 nitrogen and oxygen atoms in total. The van der Waals surface area contributed by atoms with E-state index in [-0.39, 0.29) is 0 Å². The van der Waals surface area contributed by atoms with E-state index in [0.29, 0.717) is 6.04 Å². The number of aryl methyl sites for hydroxylation is 1. The predicted molar refractivity (Wildman–Crippen MR) is 81.4 cm³/mol. The highest BCUT2D eigenvalue weighted by molar-refractivity contribution is 5.67. The third-order valence-electron chi connectivity index (χ3n) is 3.67. The van der Waals surface area contributed by atoms with Crippen LogP contribution in [-0.2, 0) is 4.74 Å². The van der Waals surface area contributed by atoms with E-state index in [9.17, 15) is 0 Å². The molecule has 1 aliphatic heterocycles. The van der Waals surface area contributed by atoms with Gasteiger partial charge in [-0.15, -0.1) is 0 Å². The smallest absolute Gasteiger partial charge is 0.0910 e. The highest BCUT2D eigenvalue weighted by Crippen LogP contribution is 2.23. The Morgan fingerprint density at radius 2 is 2.14 bits per heavy atom. The van der Waals surface area contributed by atoms with Crippen LogP contribution in [0.25, 0.3) is 16.9 Å². The summed E-state index contributed by atoms with van der Waals surface area (Å²) in [5.74, 6) is 0. The number of hydrogen-bond acceptors (Lipinski definition) is 4. The van der Waals surface area contributed by atoms with Gasteiger partial charge in [-0.25, -0.2) is 4.52 Å². The van der Waals surface area contributed by atoms with Gasteiger partial charge in [0, 0.05) is 11.9 Å². The van der Waals surface area contributed by atoms with E-state index < -0.39 is 0 Å². The minimum absolute atomic E-state index is 0.407. The average molecular weight is 280 g/mol. The first kappa shape index (κ1) is 12.3. The number of aromatic nitrogens is 3. The van der Waals surface area contributed by atoms with Crippen molar-refractivity contribution in [3.63, 3.8) is 0 Å². The van der Waals surface area contributed by atoms with E-state index in [1.165, 1.54) is 0 Å². The van der Waals surface area contributed by atoms with Gasteiger partial charge in [0.05, 0.1) is 42.4 Å². The molecule has 5 heteroatoms. The molecule has 0 unspecified atom stereocenters. The second-order valence-electron chi connectivity index (χ2n) is 5.40. The summed E-state index contributed by atoms with van der Waals surface area (Å²) in [6.07, 6.45) is 3.69. The highest BCUT2D eigenvalue weighted by atomic mass is 16.5. The highest BCUT2D eigenvalue weighted by Gasteiger charge is 2.18. The van der Waals surface area contributed by atoms with Crippen LogP contribution in [0.2, 0.25) is 0 Å². The van der Waals surface area contributed by atoms with Crippen molar-refractivity contribution in [1.29, 1.82) is 0 Å². The minimum atomic E-state index is 0.407. The van der Waals surface area contributed by atoms with Crippen molar-refractivity contribution in [2.45, 2.75) is 13.0 Å². The summed E-state index contributed by atoms with van der Waals surface area (Å²) in [5, 5.41) is 7.91. The molecule has 21 heavy (non-hydrogen) atoms. The van der Waals surface area contributed by atoms with Gasteiger partial charge in [0.15, 0.2) is 0 Å². The van der Waals surface area contributed by atoms with Crippen molar-refractivity contribution >= 4 is 11.2 Å². The standard InChI is InChI=1S/C16H16N4O/c1-11-6-14-2-3-16(20(14)18-8-11)15-7-12(4-5-17-15)19-13-9-21-10-13/h2-8,13H,9-10H2,1H3,(H,17,19). The van der Waals surface area contributed by atoms with Crippen molar-refractivity contribution in [3.05, 3.63) is 48.3 Å². The molecule has 4 rings (SSSR count). The number of hydrogen-bond donors (Lipinski definition) is 1. The third kappa shape index (κ3) is 2.25. The molecule has 0 spiro atoms. The van der Waals surface area contributed by atoms with Crippen molar-refractivity contribution in [2.75, 3.05) is 18.5 Å². The second kappa shape index (κ2) is 4.86. The lowest BCUT2D eigenvalue weighted by Crippen LogP contribution is -2.40. The van der Waals surface area contributed by atoms with Crippen LogP contribution in [0.4, 0.5) is 5.69 Å². The Morgan fingerprint density at radius 1 is 1.24 bits per heavy atom. The molecule has 4 heterocycles. The van der Waals surface area contributed by atoms with E-state index >= 15 is 0 Å². The van der Waals surface area contributed by atoms with Crippen molar-refractivity contribution in [2.24, 2.45) is 0 Å². The van der Waals surface area contributed by atoms with E-state index in [0.717, 1.165) is 41.4 Å². The fourth-order valence-corrected chi connectivity index (χ4v) is 2.51. The summed E-state index contributed by atoms with van der Waals surface area (Å²) in [6.45, 7) is 3.59. The molecule has 0 radical (unpaired) electrons. The largest absolute Gasteiger partial charge is 0.378 e. The lowest BCUT2D eigenvalue weighted by atomic mass is 10.2. The summed E-state index contributed by atoms with van der Waals surface area (Å²) >= 11 is 0. The number of anilines is 1. The number of rotatable bonds is 3. The lowest BCUT2D eigenvalue weighted by molar-refractivity contribution is 0.0211. The monoisotopic (exact) mass is 280 g/mol. The molecule has 1 saturated heterocycles. The maximum Gasteiger partial charge on any atom is 0.0910 e. The van der Waals surface area contributed by atoms with Gasteiger partial charge in [0.1, 0.15) is 0 Å². The van der Waals surface area contributed by atoms with Gasteiger partial charge >= 0.3 is 0 Å². The molecule has 1 N–H and O–H groups in total. The Morgan fingerprint density at radius 3 is 2.95 bits per heavy atom. The number of nitrogens with one attached hydrogen (secondary N) is 1. The molecule has 3 aromatic rings. The zero-order chi connectivity index (χ0) is 14.2. The Bertz CT molecular complexity index is 792. The second-order valence-corrected chi connectivity index (χ2v) is 5.40. The van der Waals surface area contributed by atoms with Crippen LogP contribution < -0.4 is 5.32 Å². The van der Waals surface area contributed by atoms with E-state index in [4.69, 9.17) is 4.74 Å². The van der Waals surface area contributed by atoms with E-state index in [1.54, 1.807) is 0 Å². The fraction of sp³-hybridized carbons (Fsp3) is 0.250. The Labute approximate surface area is 122 Å². The first-order chi connectivity index (χ1) is 10.3. The molecule has 0 amide bonds. The molecule has 0 saturated carbocycles. The molecule has 0 atom stereocenters. The molecule has 0 bridgehead atoms. The summed E-state index contributed by atoms with van der Waals surface area (Å²) in [6, 6.07) is 10.7. The summed E-state index contributed by atoms with van der Waals surface area (Å²) in [7, 11) is 0. The van der Waals surface area contributed by atoms with Crippen LogP contribution in [-0.4, -0.2) is 33.9 Å². The Kier molecular flexibility index (Phi) is 2.86. The number of pyridine rings is 1. The quantitative estimate of drug-likeness (QED) is 0.801. The Balaban J connectivity index is 1.72. The maximum atomic E-state index is 5.19. The topological polar surface area (TPSA) is 51.5 Å². The van der Waals surface area contributed by atoms with Crippen LogP contribution >= 0.6 is 0 Å². The minimum Gasteiger partial charge on any atom is -0.378 e. The number of fused-ring (bicyclic) bond motifs is 1. The summed E-state index contributed by atoms with van der Waals surface area (Å²) in [4.78, 5) is 4.47. The molecule has 1 fully saturated rings. The first-order valence-electron chi connectivity index (χ1n) is 7.05. The number of ether oxygens (including phenoxy) is 1. The van der Waals surface area contributed by atoms with Crippen molar-refractivity contribution in [1.82, 2.24) is 14.6 Å². The Hall–Kier alpha value is -2.40. The summed E-state index contributed by atoms with van der Waals surface area (Å²) < 4.78 is 7.11. The lowest BCUT2D eigenvalue weighted by Gasteiger charge is -2.27. The van der Waals surface area contributed by atoms with Gasteiger partial charge in [-0.2, -0.15) is 5.10 Å². The molecule has 3 aromatic heterocycles. The van der Waals surface area contributed by atoms with Gasteiger partial charge < -0.3 is 10.1 Å². The van der Waals surface area contributed by atoms with E-state index in [1.807, 2.05) is 29.9 Å². The van der Waals surface area contributed by atoms with Crippen LogP contribution in [0.5, 0.6) is 0 Å².